The lowest BCUT2D eigenvalue weighted by atomic mass is 9.99. The summed E-state index contributed by atoms with van der Waals surface area (Å²) in [4.78, 5) is 14.3. The van der Waals surface area contributed by atoms with E-state index in [1.807, 2.05) is 19.0 Å². The molecule has 8 heteroatoms. The normalized spacial score (nSPS) is 17.1. The molecule has 1 aromatic carbocycles. The molecule has 2 aliphatic carbocycles. The van der Waals surface area contributed by atoms with E-state index in [0.717, 1.165) is 44.2 Å². The number of amides is 2. The molecule has 3 N–H and O–H groups in total. The Labute approximate surface area is 155 Å². The zero-order valence-corrected chi connectivity index (χ0v) is 16.5. The van der Waals surface area contributed by atoms with Crippen LogP contribution in [0.25, 0.3) is 0 Å². The first kappa shape index (κ1) is 19.1. The van der Waals surface area contributed by atoms with Crippen LogP contribution in [0.15, 0.2) is 6.07 Å². The predicted octanol–water partition coefficient (Wildman–Crippen LogP) is 1.57. The van der Waals surface area contributed by atoms with E-state index in [1.165, 1.54) is 22.3 Å². The highest BCUT2D eigenvalue weighted by molar-refractivity contribution is 7.88. The van der Waals surface area contributed by atoms with Gasteiger partial charge in [0.15, 0.2) is 0 Å². The summed E-state index contributed by atoms with van der Waals surface area (Å²) >= 11 is 0. The second-order valence-corrected chi connectivity index (χ2v) is 9.02. The summed E-state index contributed by atoms with van der Waals surface area (Å²) in [6, 6.07) is 1.26. The first-order valence-corrected chi connectivity index (χ1v) is 10.7. The monoisotopic (exact) mass is 380 g/mol. The lowest BCUT2D eigenvalue weighted by molar-refractivity contribution is 0.256. The SMILES string of the molecule is CC(CN(C)C)NS(=O)(=O)NC(=O)Nc1c2c(cc3c1CCC3)CCC2. The molecule has 3 rings (SSSR count). The molecule has 2 aliphatic rings. The van der Waals surface area contributed by atoms with Gasteiger partial charge in [-0.3, -0.25) is 0 Å². The number of nitrogens with zero attached hydrogens (tertiary/aromatic N) is 1. The molecule has 0 saturated carbocycles. The molecule has 1 atom stereocenters. The number of hydrogen-bond donors (Lipinski definition) is 3. The Morgan fingerprint density at radius 1 is 1.12 bits per heavy atom. The van der Waals surface area contributed by atoms with Crippen LogP contribution in [0.1, 0.15) is 42.0 Å². The number of carbonyl (C=O) groups is 1. The Morgan fingerprint density at radius 3 is 2.23 bits per heavy atom. The molecule has 7 nitrogen and oxygen atoms in total. The molecule has 1 unspecified atom stereocenters. The molecule has 0 radical (unpaired) electrons. The third-order valence-electron chi connectivity index (χ3n) is 4.93. The van der Waals surface area contributed by atoms with Crippen molar-refractivity contribution in [3.8, 4) is 0 Å². The summed E-state index contributed by atoms with van der Waals surface area (Å²) in [6.45, 7) is 2.30. The molecule has 0 heterocycles. The molecule has 2 amide bonds. The molecule has 144 valence electrons. The van der Waals surface area contributed by atoms with Gasteiger partial charge in [0.2, 0.25) is 0 Å². The van der Waals surface area contributed by atoms with Crippen molar-refractivity contribution in [2.45, 2.75) is 51.5 Å². The van der Waals surface area contributed by atoms with Crippen LogP contribution in [0.4, 0.5) is 10.5 Å². The minimum atomic E-state index is -3.91. The maximum absolute atomic E-state index is 12.4. The van der Waals surface area contributed by atoms with E-state index in [0.29, 0.717) is 6.54 Å². The van der Waals surface area contributed by atoms with Crippen molar-refractivity contribution in [2.75, 3.05) is 26.0 Å². The lowest BCUT2D eigenvalue weighted by Crippen LogP contribution is -2.48. The van der Waals surface area contributed by atoms with Crippen molar-refractivity contribution in [1.82, 2.24) is 14.3 Å². The highest BCUT2D eigenvalue weighted by Gasteiger charge is 2.26. The average molecular weight is 381 g/mol. The highest BCUT2D eigenvalue weighted by atomic mass is 32.2. The third kappa shape index (κ3) is 4.36. The summed E-state index contributed by atoms with van der Waals surface area (Å²) in [5.74, 6) is 0. The first-order chi connectivity index (χ1) is 12.2. The van der Waals surface area contributed by atoms with Crippen molar-refractivity contribution in [3.05, 3.63) is 28.3 Å². The summed E-state index contributed by atoms with van der Waals surface area (Å²) < 4.78 is 28.9. The average Bonchev–Trinajstić information content (AvgIpc) is 3.12. The third-order valence-corrected chi connectivity index (χ3v) is 6.10. The van der Waals surface area contributed by atoms with E-state index >= 15 is 0 Å². The molecule has 0 spiro atoms. The van der Waals surface area contributed by atoms with Gasteiger partial charge < -0.3 is 10.2 Å². The van der Waals surface area contributed by atoms with Gasteiger partial charge in [-0.15, -0.1) is 0 Å². The van der Waals surface area contributed by atoms with Crippen LogP contribution in [0.2, 0.25) is 0 Å². The number of nitrogens with one attached hydrogen (secondary N) is 3. The van der Waals surface area contributed by atoms with Gasteiger partial charge in [0, 0.05) is 18.3 Å². The molecule has 0 aliphatic heterocycles. The standard InChI is InChI=1S/C18H28N4O3S/c1-12(11-22(2)3)20-26(24,25)21-18(23)19-17-15-8-4-6-13(15)10-14-7-5-9-16(14)17/h10,12,20H,4-9,11H2,1-3H3,(H2,19,21,23). The van der Waals surface area contributed by atoms with Gasteiger partial charge in [-0.25, -0.2) is 9.52 Å². The van der Waals surface area contributed by atoms with E-state index in [4.69, 9.17) is 0 Å². The number of urea groups is 1. The number of anilines is 1. The fourth-order valence-electron chi connectivity index (χ4n) is 4.11. The van der Waals surface area contributed by atoms with Crippen molar-refractivity contribution < 1.29 is 13.2 Å². The van der Waals surface area contributed by atoms with Gasteiger partial charge in [-0.05, 0) is 81.8 Å². The number of likely N-dealkylation sites (N-methyl/N-ethyl adjacent to an activating group) is 1. The van der Waals surface area contributed by atoms with Crippen molar-refractivity contribution in [1.29, 1.82) is 0 Å². The zero-order chi connectivity index (χ0) is 18.9. The smallest absolute Gasteiger partial charge is 0.308 e. The number of aryl methyl sites for hydroxylation is 2. The van der Waals surface area contributed by atoms with Crippen LogP contribution in [0.3, 0.4) is 0 Å². The van der Waals surface area contributed by atoms with E-state index in [9.17, 15) is 13.2 Å². The van der Waals surface area contributed by atoms with E-state index < -0.39 is 16.2 Å². The van der Waals surface area contributed by atoms with Crippen LogP contribution >= 0.6 is 0 Å². The molecule has 0 aromatic heterocycles. The lowest BCUT2D eigenvalue weighted by Gasteiger charge is -2.19. The molecular weight excluding hydrogens is 352 g/mol. The van der Waals surface area contributed by atoms with Crippen molar-refractivity contribution >= 4 is 21.9 Å². The fourth-order valence-corrected chi connectivity index (χ4v) is 5.07. The molecule has 1 aromatic rings. The van der Waals surface area contributed by atoms with Crippen LogP contribution < -0.4 is 14.8 Å². The topological polar surface area (TPSA) is 90.5 Å². The maximum Gasteiger partial charge on any atom is 0.333 e. The minimum absolute atomic E-state index is 0.305. The van der Waals surface area contributed by atoms with E-state index in [1.54, 1.807) is 6.92 Å². The summed E-state index contributed by atoms with van der Waals surface area (Å²) in [6.07, 6.45) is 6.08. The zero-order valence-electron chi connectivity index (χ0n) is 15.7. The Hall–Kier alpha value is -1.64. The molecule has 0 fully saturated rings. The molecule has 0 bridgehead atoms. The van der Waals surface area contributed by atoms with Gasteiger partial charge in [-0.1, -0.05) is 6.07 Å². The van der Waals surface area contributed by atoms with E-state index in [2.05, 4.69) is 20.8 Å². The molecule has 0 saturated heterocycles. The van der Waals surface area contributed by atoms with Crippen molar-refractivity contribution in [2.24, 2.45) is 0 Å². The summed E-state index contributed by atoms with van der Waals surface area (Å²) in [5, 5.41) is 2.83. The Bertz CT molecular complexity index is 773. The fraction of sp³-hybridized carbons (Fsp3) is 0.611. The first-order valence-electron chi connectivity index (χ1n) is 9.17. The van der Waals surface area contributed by atoms with Gasteiger partial charge in [0.05, 0.1) is 0 Å². The van der Waals surface area contributed by atoms with Gasteiger partial charge in [-0.2, -0.15) is 13.1 Å². The Morgan fingerprint density at radius 2 is 1.69 bits per heavy atom. The Kier molecular flexibility index (Phi) is 5.55. The van der Waals surface area contributed by atoms with Gasteiger partial charge in [0.25, 0.3) is 0 Å². The van der Waals surface area contributed by atoms with Crippen LogP contribution in [-0.4, -0.2) is 46.0 Å². The molecular formula is C18H28N4O3S. The predicted molar refractivity (Wildman–Crippen MR) is 103 cm³/mol. The second kappa shape index (κ2) is 7.54. The van der Waals surface area contributed by atoms with Crippen molar-refractivity contribution in [3.63, 3.8) is 0 Å². The number of rotatable bonds is 6. The van der Waals surface area contributed by atoms with Crippen LogP contribution in [-0.2, 0) is 35.9 Å². The minimum Gasteiger partial charge on any atom is -0.308 e. The summed E-state index contributed by atoms with van der Waals surface area (Å²) in [7, 11) is -0.187. The number of fused-ring (bicyclic) bond motifs is 2. The largest absolute Gasteiger partial charge is 0.333 e. The van der Waals surface area contributed by atoms with Gasteiger partial charge in [0.1, 0.15) is 0 Å². The number of benzene rings is 1. The number of hydrogen-bond acceptors (Lipinski definition) is 4. The van der Waals surface area contributed by atoms with Gasteiger partial charge >= 0.3 is 16.2 Å². The summed E-state index contributed by atoms with van der Waals surface area (Å²) in [5.41, 5.74) is 5.77. The number of carbonyl (C=O) groups excluding carboxylic acids is 1. The highest BCUT2D eigenvalue weighted by Crippen LogP contribution is 2.38. The van der Waals surface area contributed by atoms with Crippen LogP contribution in [0.5, 0.6) is 0 Å². The quantitative estimate of drug-likeness (QED) is 0.699. The molecule has 26 heavy (non-hydrogen) atoms. The Balaban J connectivity index is 1.71. The second-order valence-electron chi connectivity index (χ2n) is 7.57. The van der Waals surface area contributed by atoms with Crippen LogP contribution in [0, 0.1) is 0 Å². The maximum atomic E-state index is 12.4. The van der Waals surface area contributed by atoms with E-state index in [-0.39, 0.29) is 6.04 Å².